The zero-order chi connectivity index (χ0) is 15.3. The quantitative estimate of drug-likeness (QED) is 0.637. The summed E-state index contributed by atoms with van der Waals surface area (Å²) >= 11 is 0. The third-order valence-electron chi connectivity index (χ3n) is 3.08. The normalized spacial score (nSPS) is 12.6. The predicted molar refractivity (Wildman–Crippen MR) is 76.6 cm³/mol. The van der Waals surface area contributed by atoms with Crippen molar-refractivity contribution in [3.8, 4) is 6.07 Å². The molecule has 0 spiro atoms. The molecule has 1 rings (SSSR count). The number of benzene rings is 1. The molecule has 0 aliphatic rings. The van der Waals surface area contributed by atoms with Crippen molar-refractivity contribution in [2.24, 2.45) is 0 Å². The molecule has 0 heterocycles. The number of nitro groups is 1. The van der Waals surface area contributed by atoms with Crippen LogP contribution in [0, 0.1) is 21.4 Å². The maximum absolute atomic E-state index is 10.8. The van der Waals surface area contributed by atoms with Gasteiger partial charge in [-0.3, -0.25) is 10.1 Å². The van der Waals surface area contributed by atoms with E-state index >= 15 is 0 Å². The van der Waals surface area contributed by atoms with Gasteiger partial charge in [-0.05, 0) is 39.3 Å². The van der Waals surface area contributed by atoms with Crippen LogP contribution in [0.3, 0.4) is 0 Å². The van der Waals surface area contributed by atoms with Crippen LogP contribution in [0.15, 0.2) is 18.2 Å². The van der Waals surface area contributed by atoms with Crippen molar-refractivity contribution in [1.29, 1.82) is 5.26 Å². The zero-order valence-electron chi connectivity index (χ0n) is 12.1. The van der Waals surface area contributed by atoms with Crippen LogP contribution in [0.2, 0.25) is 0 Å². The van der Waals surface area contributed by atoms with Gasteiger partial charge in [-0.1, -0.05) is 0 Å². The van der Waals surface area contributed by atoms with Gasteiger partial charge in [0, 0.05) is 24.9 Å². The lowest BCUT2D eigenvalue weighted by Crippen LogP contribution is -2.31. The number of nitro benzene ring substituents is 1. The van der Waals surface area contributed by atoms with Crippen molar-refractivity contribution >= 4 is 11.4 Å². The van der Waals surface area contributed by atoms with Gasteiger partial charge < -0.3 is 10.1 Å². The SMILES string of the molecule is COC(C)(C)C[C@@H](C)Nc1ccc([N+](=O)[O-])c(C#N)c1. The van der Waals surface area contributed by atoms with E-state index in [-0.39, 0.29) is 22.9 Å². The Balaban J connectivity index is 2.84. The lowest BCUT2D eigenvalue weighted by atomic mass is 9.99. The first-order chi connectivity index (χ1) is 9.29. The second-order valence-electron chi connectivity index (χ2n) is 5.31. The maximum atomic E-state index is 10.8. The highest BCUT2D eigenvalue weighted by molar-refractivity contribution is 5.58. The molecule has 1 aromatic rings. The molecule has 1 aromatic carbocycles. The van der Waals surface area contributed by atoms with Gasteiger partial charge in [-0.15, -0.1) is 0 Å². The minimum Gasteiger partial charge on any atom is -0.382 e. The molecule has 0 aliphatic carbocycles. The fourth-order valence-corrected chi connectivity index (χ4v) is 2.03. The minimum absolute atomic E-state index is 0.0539. The van der Waals surface area contributed by atoms with Gasteiger partial charge in [-0.2, -0.15) is 5.26 Å². The van der Waals surface area contributed by atoms with Gasteiger partial charge in [0.2, 0.25) is 0 Å². The average Bonchev–Trinajstić information content (AvgIpc) is 2.37. The van der Waals surface area contributed by atoms with Crippen molar-refractivity contribution in [2.75, 3.05) is 12.4 Å². The van der Waals surface area contributed by atoms with Crippen LogP contribution in [0.1, 0.15) is 32.8 Å². The van der Waals surface area contributed by atoms with Crippen molar-refractivity contribution < 1.29 is 9.66 Å². The van der Waals surface area contributed by atoms with Crippen LogP contribution in [-0.4, -0.2) is 23.7 Å². The van der Waals surface area contributed by atoms with Crippen LogP contribution in [0.5, 0.6) is 0 Å². The summed E-state index contributed by atoms with van der Waals surface area (Å²) in [5, 5.41) is 22.9. The van der Waals surface area contributed by atoms with E-state index in [2.05, 4.69) is 5.32 Å². The van der Waals surface area contributed by atoms with Crippen LogP contribution in [0.4, 0.5) is 11.4 Å². The third-order valence-corrected chi connectivity index (χ3v) is 3.08. The zero-order valence-corrected chi connectivity index (χ0v) is 12.1. The minimum atomic E-state index is -0.556. The summed E-state index contributed by atoms with van der Waals surface area (Å²) < 4.78 is 5.36. The molecule has 1 atom stereocenters. The molecule has 0 aromatic heterocycles. The smallest absolute Gasteiger partial charge is 0.287 e. The monoisotopic (exact) mass is 277 g/mol. The number of nitrogens with zero attached hydrogens (tertiary/aromatic N) is 2. The van der Waals surface area contributed by atoms with Gasteiger partial charge in [0.25, 0.3) is 5.69 Å². The number of hydrogen-bond acceptors (Lipinski definition) is 5. The first kappa shape index (κ1) is 15.9. The molecule has 6 heteroatoms. The molecule has 0 bridgehead atoms. The summed E-state index contributed by atoms with van der Waals surface area (Å²) in [4.78, 5) is 10.2. The van der Waals surface area contributed by atoms with Gasteiger partial charge in [0.15, 0.2) is 0 Å². The van der Waals surface area contributed by atoms with Crippen molar-refractivity contribution in [1.82, 2.24) is 0 Å². The van der Waals surface area contributed by atoms with E-state index in [0.29, 0.717) is 5.69 Å². The number of nitriles is 1. The van der Waals surface area contributed by atoms with E-state index in [1.807, 2.05) is 26.8 Å². The summed E-state index contributed by atoms with van der Waals surface area (Å²) in [5.74, 6) is 0. The highest BCUT2D eigenvalue weighted by Gasteiger charge is 2.21. The molecule has 0 saturated heterocycles. The standard InChI is InChI=1S/C14H19N3O3/c1-10(8-14(2,3)20-4)16-12-5-6-13(17(18)19)11(7-12)9-15/h5-7,10,16H,8H2,1-4H3/t10-/m1/s1. The summed E-state index contributed by atoms with van der Waals surface area (Å²) in [6.07, 6.45) is 0.766. The molecule has 1 N–H and O–H groups in total. The molecule has 108 valence electrons. The van der Waals surface area contributed by atoms with E-state index in [9.17, 15) is 10.1 Å². The molecule has 0 aliphatic heterocycles. The van der Waals surface area contributed by atoms with Gasteiger partial charge in [-0.25, -0.2) is 0 Å². The number of hydrogen-bond donors (Lipinski definition) is 1. The summed E-state index contributed by atoms with van der Waals surface area (Å²) in [5.41, 5.74) is 0.304. The Bertz CT molecular complexity index is 535. The first-order valence-corrected chi connectivity index (χ1v) is 6.29. The van der Waals surface area contributed by atoms with Gasteiger partial charge in [0.1, 0.15) is 11.6 Å². The molecule has 0 fully saturated rings. The third kappa shape index (κ3) is 4.21. The molecular weight excluding hydrogens is 258 g/mol. The molecular formula is C14H19N3O3. The molecule has 0 saturated carbocycles. The largest absolute Gasteiger partial charge is 0.382 e. The lowest BCUT2D eigenvalue weighted by Gasteiger charge is -2.27. The van der Waals surface area contributed by atoms with E-state index in [4.69, 9.17) is 10.00 Å². The Morgan fingerprint density at radius 1 is 1.55 bits per heavy atom. The topological polar surface area (TPSA) is 88.2 Å². The molecule has 6 nitrogen and oxygen atoms in total. The number of nitrogens with one attached hydrogen (secondary N) is 1. The summed E-state index contributed by atoms with van der Waals surface area (Å²) in [6.45, 7) is 5.97. The van der Waals surface area contributed by atoms with E-state index in [0.717, 1.165) is 6.42 Å². The summed E-state index contributed by atoms with van der Waals surface area (Å²) in [7, 11) is 1.66. The molecule has 20 heavy (non-hydrogen) atoms. The highest BCUT2D eigenvalue weighted by atomic mass is 16.6. The number of anilines is 1. The average molecular weight is 277 g/mol. The van der Waals surface area contributed by atoms with Crippen molar-refractivity contribution in [3.63, 3.8) is 0 Å². The fourth-order valence-electron chi connectivity index (χ4n) is 2.03. The van der Waals surface area contributed by atoms with Gasteiger partial charge in [0.05, 0.1) is 10.5 Å². The molecule has 0 amide bonds. The Morgan fingerprint density at radius 2 is 2.20 bits per heavy atom. The number of ether oxygens (including phenoxy) is 1. The Hall–Kier alpha value is -2.13. The van der Waals surface area contributed by atoms with Crippen LogP contribution < -0.4 is 5.32 Å². The highest BCUT2D eigenvalue weighted by Crippen LogP contribution is 2.24. The summed E-state index contributed by atoms with van der Waals surface area (Å²) in [6, 6.07) is 6.40. The van der Waals surface area contributed by atoms with E-state index in [1.165, 1.54) is 12.1 Å². The maximum Gasteiger partial charge on any atom is 0.287 e. The second kappa shape index (κ2) is 6.35. The Kier molecular flexibility index (Phi) is 5.06. The second-order valence-corrected chi connectivity index (χ2v) is 5.31. The number of rotatable bonds is 6. The predicted octanol–water partition coefficient (Wildman–Crippen LogP) is 3.08. The van der Waals surface area contributed by atoms with Gasteiger partial charge >= 0.3 is 0 Å². The van der Waals surface area contributed by atoms with Crippen molar-refractivity contribution in [3.05, 3.63) is 33.9 Å². The van der Waals surface area contributed by atoms with E-state index < -0.39 is 4.92 Å². The van der Waals surface area contributed by atoms with E-state index in [1.54, 1.807) is 13.2 Å². The Labute approximate surface area is 118 Å². The Morgan fingerprint density at radius 3 is 2.70 bits per heavy atom. The molecule has 0 radical (unpaired) electrons. The number of methoxy groups -OCH3 is 1. The van der Waals surface area contributed by atoms with Crippen LogP contribution >= 0.6 is 0 Å². The first-order valence-electron chi connectivity index (χ1n) is 6.29. The van der Waals surface area contributed by atoms with Crippen LogP contribution in [-0.2, 0) is 4.74 Å². The van der Waals surface area contributed by atoms with Crippen molar-refractivity contribution in [2.45, 2.75) is 38.8 Å². The fraction of sp³-hybridized carbons (Fsp3) is 0.500. The lowest BCUT2D eigenvalue weighted by molar-refractivity contribution is -0.385. The molecule has 0 unspecified atom stereocenters. The van der Waals surface area contributed by atoms with Crippen LogP contribution in [0.25, 0.3) is 0 Å².